The molecule has 0 saturated heterocycles. The lowest BCUT2D eigenvalue weighted by molar-refractivity contribution is 0.712. The van der Waals surface area contributed by atoms with Crippen LogP contribution >= 0.6 is 11.3 Å². The fourth-order valence-electron chi connectivity index (χ4n) is 1.30. The summed E-state index contributed by atoms with van der Waals surface area (Å²) in [5, 5.41) is 6.51. The Morgan fingerprint density at radius 3 is 3.20 bits per heavy atom. The lowest BCUT2D eigenvalue weighted by Gasteiger charge is -1.97. The van der Waals surface area contributed by atoms with E-state index >= 15 is 0 Å². The zero-order valence-electron chi connectivity index (χ0n) is 8.68. The molecule has 5 heteroatoms. The molecule has 15 heavy (non-hydrogen) atoms. The van der Waals surface area contributed by atoms with E-state index in [1.54, 1.807) is 17.5 Å². The number of thiazole rings is 1. The molecule has 0 aliphatic carbocycles. The van der Waals surface area contributed by atoms with Crippen molar-refractivity contribution in [3.8, 4) is 0 Å². The normalized spacial score (nSPS) is 10.7. The van der Waals surface area contributed by atoms with Gasteiger partial charge in [0.25, 0.3) is 0 Å². The number of imidazole rings is 1. The summed E-state index contributed by atoms with van der Waals surface area (Å²) in [6.07, 6.45) is 5.54. The van der Waals surface area contributed by atoms with Crippen LogP contribution in [0.5, 0.6) is 0 Å². The molecule has 0 aliphatic heterocycles. The molecule has 0 unspecified atom stereocenters. The number of hydrogen-bond donors (Lipinski definition) is 1. The third-order valence-electron chi connectivity index (χ3n) is 2.03. The average molecular weight is 222 g/mol. The molecule has 0 aromatic carbocycles. The Balaban J connectivity index is 1.95. The van der Waals surface area contributed by atoms with Gasteiger partial charge in [-0.05, 0) is 6.54 Å². The predicted octanol–water partition coefficient (Wildman–Crippen LogP) is 1.50. The highest BCUT2D eigenvalue weighted by molar-refractivity contribution is 7.09. The van der Waals surface area contributed by atoms with Crippen molar-refractivity contribution in [3.05, 3.63) is 34.8 Å². The van der Waals surface area contributed by atoms with Crippen LogP contribution < -0.4 is 5.32 Å². The molecular formula is C10H14N4S. The van der Waals surface area contributed by atoms with Gasteiger partial charge < -0.3 is 9.88 Å². The molecule has 0 aliphatic rings. The van der Waals surface area contributed by atoms with Crippen molar-refractivity contribution in [3.63, 3.8) is 0 Å². The van der Waals surface area contributed by atoms with Gasteiger partial charge in [-0.3, -0.25) is 0 Å². The Labute approximate surface area is 93.0 Å². The maximum absolute atomic E-state index is 4.53. The molecule has 0 saturated carbocycles. The summed E-state index contributed by atoms with van der Waals surface area (Å²) >= 11 is 1.70. The van der Waals surface area contributed by atoms with Crippen molar-refractivity contribution in [1.29, 1.82) is 0 Å². The molecule has 0 atom stereocenters. The van der Waals surface area contributed by atoms with E-state index in [2.05, 4.69) is 27.6 Å². The van der Waals surface area contributed by atoms with E-state index in [-0.39, 0.29) is 0 Å². The molecule has 2 aromatic heterocycles. The van der Waals surface area contributed by atoms with Crippen LogP contribution in [0.1, 0.15) is 17.6 Å². The minimum atomic E-state index is 0.808. The standard InChI is InChI=1S/C10H14N4S/c1-2-11-5-10-13-9(7-15-10)6-14-4-3-12-8-14/h3-4,7-8,11H,2,5-6H2,1H3. The summed E-state index contributed by atoms with van der Waals surface area (Å²) in [7, 11) is 0. The Bertz CT molecular complexity index is 393. The highest BCUT2D eigenvalue weighted by atomic mass is 32.1. The SMILES string of the molecule is CCNCc1nc(Cn2ccnc2)cs1. The van der Waals surface area contributed by atoms with Crippen LogP contribution in [0.4, 0.5) is 0 Å². The Morgan fingerprint density at radius 1 is 1.53 bits per heavy atom. The maximum Gasteiger partial charge on any atom is 0.107 e. The first-order chi connectivity index (χ1) is 7.38. The molecule has 0 amide bonds. The van der Waals surface area contributed by atoms with E-state index in [0.717, 1.165) is 30.3 Å². The first kappa shape index (κ1) is 10.3. The number of rotatable bonds is 5. The van der Waals surface area contributed by atoms with Gasteiger partial charge in [0.05, 0.1) is 18.6 Å². The molecular weight excluding hydrogens is 208 g/mol. The largest absolute Gasteiger partial charge is 0.331 e. The number of nitrogens with zero attached hydrogens (tertiary/aromatic N) is 3. The molecule has 0 spiro atoms. The second kappa shape index (κ2) is 5.04. The number of hydrogen-bond acceptors (Lipinski definition) is 4. The second-order valence-corrected chi connectivity index (χ2v) is 4.19. The van der Waals surface area contributed by atoms with Crippen LogP contribution in [0.15, 0.2) is 24.1 Å². The van der Waals surface area contributed by atoms with Gasteiger partial charge in [-0.25, -0.2) is 9.97 Å². The average Bonchev–Trinajstić information content (AvgIpc) is 2.87. The lowest BCUT2D eigenvalue weighted by Crippen LogP contribution is -2.11. The van der Waals surface area contributed by atoms with Crippen molar-refractivity contribution in [2.45, 2.75) is 20.0 Å². The van der Waals surface area contributed by atoms with Crippen LogP contribution in [-0.2, 0) is 13.1 Å². The van der Waals surface area contributed by atoms with Gasteiger partial charge in [-0.2, -0.15) is 0 Å². The maximum atomic E-state index is 4.53. The predicted molar refractivity (Wildman–Crippen MR) is 60.8 cm³/mol. The lowest BCUT2D eigenvalue weighted by atomic mass is 10.5. The molecule has 0 radical (unpaired) electrons. The van der Waals surface area contributed by atoms with E-state index in [0.29, 0.717) is 0 Å². The van der Waals surface area contributed by atoms with Crippen LogP contribution in [0.2, 0.25) is 0 Å². The van der Waals surface area contributed by atoms with E-state index in [1.807, 2.05) is 17.1 Å². The monoisotopic (exact) mass is 222 g/mol. The summed E-state index contributed by atoms with van der Waals surface area (Å²) in [5.41, 5.74) is 1.10. The van der Waals surface area contributed by atoms with Crippen molar-refractivity contribution >= 4 is 11.3 Å². The smallest absolute Gasteiger partial charge is 0.107 e. The Morgan fingerprint density at radius 2 is 2.47 bits per heavy atom. The second-order valence-electron chi connectivity index (χ2n) is 3.25. The van der Waals surface area contributed by atoms with E-state index < -0.39 is 0 Å². The third kappa shape index (κ3) is 2.87. The molecule has 2 rings (SSSR count). The van der Waals surface area contributed by atoms with E-state index in [9.17, 15) is 0 Å². The minimum Gasteiger partial charge on any atom is -0.331 e. The van der Waals surface area contributed by atoms with Gasteiger partial charge in [0.2, 0.25) is 0 Å². The molecule has 80 valence electrons. The number of nitrogens with one attached hydrogen (secondary N) is 1. The zero-order chi connectivity index (χ0) is 10.5. The molecule has 0 fully saturated rings. The zero-order valence-corrected chi connectivity index (χ0v) is 9.50. The van der Waals surface area contributed by atoms with Gasteiger partial charge in [-0.15, -0.1) is 11.3 Å². The van der Waals surface area contributed by atoms with Crippen LogP contribution in [0, 0.1) is 0 Å². The first-order valence-electron chi connectivity index (χ1n) is 4.98. The number of aromatic nitrogens is 3. The van der Waals surface area contributed by atoms with Gasteiger partial charge >= 0.3 is 0 Å². The van der Waals surface area contributed by atoms with Crippen molar-refractivity contribution in [1.82, 2.24) is 19.9 Å². The van der Waals surface area contributed by atoms with Crippen molar-refractivity contribution in [2.24, 2.45) is 0 Å². The topological polar surface area (TPSA) is 42.7 Å². The molecule has 2 aromatic rings. The fourth-order valence-corrected chi connectivity index (χ4v) is 2.06. The molecule has 4 nitrogen and oxygen atoms in total. The summed E-state index contributed by atoms with van der Waals surface area (Å²) in [6, 6.07) is 0. The van der Waals surface area contributed by atoms with Gasteiger partial charge in [0.15, 0.2) is 0 Å². The fraction of sp³-hybridized carbons (Fsp3) is 0.400. The summed E-state index contributed by atoms with van der Waals surface area (Å²) < 4.78 is 2.02. The third-order valence-corrected chi connectivity index (χ3v) is 2.93. The van der Waals surface area contributed by atoms with E-state index in [1.165, 1.54) is 0 Å². The van der Waals surface area contributed by atoms with Gasteiger partial charge in [0.1, 0.15) is 5.01 Å². The Hall–Kier alpha value is -1.20. The molecule has 0 bridgehead atoms. The van der Waals surface area contributed by atoms with Crippen LogP contribution in [0.25, 0.3) is 0 Å². The highest BCUT2D eigenvalue weighted by Crippen LogP contribution is 2.10. The van der Waals surface area contributed by atoms with Crippen LogP contribution in [0.3, 0.4) is 0 Å². The Kier molecular flexibility index (Phi) is 3.47. The van der Waals surface area contributed by atoms with Crippen molar-refractivity contribution < 1.29 is 0 Å². The quantitative estimate of drug-likeness (QED) is 0.833. The van der Waals surface area contributed by atoms with Gasteiger partial charge in [0, 0.05) is 24.3 Å². The molecule has 1 N–H and O–H groups in total. The van der Waals surface area contributed by atoms with Gasteiger partial charge in [-0.1, -0.05) is 6.92 Å². The van der Waals surface area contributed by atoms with Crippen molar-refractivity contribution in [2.75, 3.05) is 6.54 Å². The summed E-state index contributed by atoms with van der Waals surface area (Å²) in [4.78, 5) is 8.53. The minimum absolute atomic E-state index is 0.808. The van der Waals surface area contributed by atoms with Crippen LogP contribution in [-0.4, -0.2) is 21.1 Å². The highest BCUT2D eigenvalue weighted by Gasteiger charge is 2.01. The molecule has 2 heterocycles. The summed E-state index contributed by atoms with van der Waals surface area (Å²) in [5.74, 6) is 0. The van der Waals surface area contributed by atoms with E-state index in [4.69, 9.17) is 0 Å². The summed E-state index contributed by atoms with van der Waals surface area (Å²) in [6.45, 7) is 4.75. The first-order valence-corrected chi connectivity index (χ1v) is 5.86.